The smallest absolute Gasteiger partial charge is 0.270 e. The number of amides is 1. The van der Waals surface area contributed by atoms with Gasteiger partial charge >= 0.3 is 0 Å². The van der Waals surface area contributed by atoms with Crippen molar-refractivity contribution in [3.8, 4) is 6.07 Å². The number of nitrogens with zero attached hydrogens (tertiary/aromatic N) is 2. The van der Waals surface area contributed by atoms with E-state index in [1.165, 1.54) is 0 Å². The lowest BCUT2D eigenvalue weighted by Crippen LogP contribution is -2.26. The van der Waals surface area contributed by atoms with Crippen LogP contribution in [0.25, 0.3) is 0 Å². The van der Waals surface area contributed by atoms with E-state index in [-0.39, 0.29) is 5.91 Å². The number of H-pyrrole nitrogens is 1. The molecule has 2 aromatic rings. The SMILES string of the molecule is CN(Cc1cccc(C#N)c1)C(=O)c1cc(Br)c[nH]1. The number of hydrogen-bond acceptors (Lipinski definition) is 2. The van der Waals surface area contributed by atoms with E-state index >= 15 is 0 Å². The Hall–Kier alpha value is -2.06. The molecule has 0 bridgehead atoms. The van der Waals surface area contributed by atoms with Crippen molar-refractivity contribution in [1.82, 2.24) is 9.88 Å². The van der Waals surface area contributed by atoms with Crippen molar-refractivity contribution in [2.75, 3.05) is 7.05 Å². The number of aromatic amines is 1. The number of carbonyl (C=O) groups excluding carboxylic acids is 1. The first-order valence-electron chi connectivity index (χ1n) is 5.68. The first kappa shape index (κ1) is 13.4. The van der Waals surface area contributed by atoms with Crippen LogP contribution in [0.4, 0.5) is 0 Å². The Labute approximate surface area is 119 Å². The van der Waals surface area contributed by atoms with Gasteiger partial charge in [-0.05, 0) is 39.7 Å². The third-order valence-electron chi connectivity index (χ3n) is 2.70. The fourth-order valence-electron chi connectivity index (χ4n) is 1.78. The first-order valence-corrected chi connectivity index (χ1v) is 6.48. The van der Waals surface area contributed by atoms with E-state index in [1.54, 1.807) is 36.3 Å². The Bertz CT molecular complexity index is 642. The average Bonchev–Trinajstić information content (AvgIpc) is 2.84. The van der Waals surface area contributed by atoms with Crippen molar-refractivity contribution in [3.05, 3.63) is 57.8 Å². The van der Waals surface area contributed by atoms with Crippen LogP contribution in [0.2, 0.25) is 0 Å². The highest BCUT2D eigenvalue weighted by molar-refractivity contribution is 9.10. The quantitative estimate of drug-likeness (QED) is 0.946. The van der Waals surface area contributed by atoms with Crippen molar-refractivity contribution in [3.63, 3.8) is 0 Å². The average molecular weight is 318 g/mol. The molecule has 0 aliphatic rings. The lowest BCUT2D eigenvalue weighted by atomic mass is 10.1. The molecule has 0 aliphatic heterocycles. The van der Waals surface area contributed by atoms with Gasteiger partial charge in [-0.3, -0.25) is 4.79 Å². The Morgan fingerprint density at radius 2 is 2.26 bits per heavy atom. The van der Waals surface area contributed by atoms with Gasteiger partial charge in [0.2, 0.25) is 0 Å². The van der Waals surface area contributed by atoms with Crippen molar-refractivity contribution in [2.24, 2.45) is 0 Å². The van der Waals surface area contributed by atoms with Gasteiger partial charge in [0, 0.05) is 24.3 Å². The van der Waals surface area contributed by atoms with Crippen LogP contribution in [-0.4, -0.2) is 22.8 Å². The highest BCUT2D eigenvalue weighted by Gasteiger charge is 2.13. The van der Waals surface area contributed by atoms with Gasteiger partial charge < -0.3 is 9.88 Å². The Balaban J connectivity index is 2.10. The maximum absolute atomic E-state index is 12.1. The summed E-state index contributed by atoms with van der Waals surface area (Å²) in [6.45, 7) is 0.463. The van der Waals surface area contributed by atoms with E-state index in [0.717, 1.165) is 10.0 Å². The predicted octanol–water partition coefficient (Wildman–Crippen LogP) is 2.92. The van der Waals surface area contributed by atoms with E-state index in [9.17, 15) is 4.79 Å². The molecular weight excluding hydrogens is 306 g/mol. The zero-order chi connectivity index (χ0) is 13.8. The van der Waals surface area contributed by atoms with Gasteiger partial charge in [-0.15, -0.1) is 0 Å². The van der Waals surface area contributed by atoms with Crippen LogP contribution in [0, 0.1) is 11.3 Å². The lowest BCUT2D eigenvalue weighted by molar-refractivity contribution is 0.0780. The number of carbonyl (C=O) groups is 1. The number of hydrogen-bond donors (Lipinski definition) is 1. The van der Waals surface area contributed by atoms with Crippen LogP contribution in [0.15, 0.2) is 41.0 Å². The predicted molar refractivity (Wildman–Crippen MR) is 75.4 cm³/mol. The molecule has 4 nitrogen and oxygen atoms in total. The summed E-state index contributed by atoms with van der Waals surface area (Å²) < 4.78 is 0.843. The molecule has 19 heavy (non-hydrogen) atoms. The topological polar surface area (TPSA) is 59.9 Å². The summed E-state index contributed by atoms with van der Waals surface area (Å²) >= 11 is 3.30. The van der Waals surface area contributed by atoms with Gasteiger partial charge in [-0.25, -0.2) is 0 Å². The van der Waals surface area contributed by atoms with E-state index in [4.69, 9.17) is 5.26 Å². The molecule has 0 saturated heterocycles. The Morgan fingerprint density at radius 1 is 1.47 bits per heavy atom. The highest BCUT2D eigenvalue weighted by Crippen LogP contribution is 2.13. The molecule has 0 fully saturated rings. The summed E-state index contributed by atoms with van der Waals surface area (Å²) in [6.07, 6.45) is 1.72. The van der Waals surface area contributed by atoms with Gasteiger partial charge in [-0.1, -0.05) is 12.1 Å². The molecule has 0 aliphatic carbocycles. The zero-order valence-corrected chi connectivity index (χ0v) is 11.9. The van der Waals surface area contributed by atoms with Gasteiger partial charge in [0.1, 0.15) is 5.69 Å². The summed E-state index contributed by atoms with van der Waals surface area (Å²) in [7, 11) is 1.73. The molecule has 2 rings (SSSR count). The van der Waals surface area contributed by atoms with Crippen LogP contribution >= 0.6 is 15.9 Å². The summed E-state index contributed by atoms with van der Waals surface area (Å²) in [5, 5.41) is 8.85. The molecule has 96 valence electrons. The molecule has 0 spiro atoms. The van der Waals surface area contributed by atoms with E-state index < -0.39 is 0 Å². The third kappa shape index (κ3) is 3.24. The number of nitriles is 1. The van der Waals surface area contributed by atoms with Gasteiger partial charge in [0.15, 0.2) is 0 Å². The molecule has 0 radical (unpaired) electrons. The van der Waals surface area contributed by atoms with Crippen LogP contribution in [-0.2, 0) is 6.54 Å². The molecule has 0 atom stereocenters. The minimum atomic E-state index is -0.0898. The Kier molecular flexibility index (Phi) is 4.03. The fraction of sp³-hybridized carbons (Fsp3) is 0.143. The van der Waals surface area contributed by atoms with Crippen LogP contribution in [0.1, 0.15) is 21.6 Å². The fourth-order valence-corrected chi connectivity index (χ4v) is 2.13. The number of halogens is 1. The van der Waals surface area contributed by atoms with Gasteiger partial charge in [-0.2, -0.15) is 5.26 Å². The van der Waals surface area contributed by atoms with Crippen LogP contribution in [0.5, 0.6) is 0 Å². The molecular formula is C14H12BrN3O. The second-order valence-electron chi connectivity index (χ2n) is 4.20. The molecule has 1 amide bonds. The second kappa shape index (κ2) is 5.72. The molecule has 0 unspecified atom stereocenters. The molecule has 0 saturated carbocycles. The van der Waals surface area contributed by atoms with Crippen molar-refractivity contribution in [2.45, 2.75) is 6.54 Å². The maximum atomic E-state index is 12.1. The minimum Gasteiger partial charge on any atom is -0.356 e. The standard InChI is InChI=1S/C14H12BrN3O/c1-18(14(19)13-6-12(15)8-17-13)9-11-4-2-3-10(5-11)7-16/h2-6,8,17H,9H2,1H3. The molecule has 1 aromatic carbocycles. The largest absolute Gasteiger partial charge is 0.356 e. The van der Waals surface area contributed by atoms with Crippen LogP contribution in [0.3, 0.4) is 0 Å². The number of benzene rings is 1. The van der Waals surface area contributed by atoms with E-state index in [0.29, 0.717) is 17.8 Å². The first-order chi connectivity index (χ1) is 9.10. The van der Waals surface area contributed by atoms with Crippen LogP contribution < -0.4 is 0 Å². The lowest BCUT2D eigenvalue weighted by Gasteiger charge is -2.16. The summed E-state index contributed by atoms with van der Waals surface area (Å²) in [5.41, 5.74) is 2.06. The second-order valence-corrected chi connectivity index (χ2v) is 5.12. The van der Waals surface area contributed by atoms with Crippen molar-refractivity contribution in [1.29, 1.82) is 5.26 Å². The summed E-state index contributed by atoms with van der Waals surface area (Å²) in [4.78, 5) is 16.6. The minimum absolute atomic E-state index is 0.0898. The zero-order valence-electron chi connectivity index (χ0n) is 10.4. The van der Waals surface area contributed by atoms with Gasteiger partial charge in [0.25, 0.3) is 5.91 Å². The van der Waals surface area contributed by atoms with Crippen molar-refractivity contribution < 1.29 is 4.79 Å². The normalized spacial score (nSPS) is 9.95. The maximum Gasteiger partial charge on any atom is 0.270 e. The number of rotatable bonds is 3. The summed E-state index contributed by atoms with van der Waals surface area (Å²) in [5.74, 6) is -0.0898. The van der Waals surface area contributed by atoms with Gasteiger partial charge in [0.05, 0.1) is 11.6 Å². The van der Waals surface area contributed by atoms with E-state index in [2.05, 4.69) is 27.0 Å². The third-order valence-corrected chi connectivity index (χ3v) is 3.16. The number of nitrogens with one attached hydrogen (secondary N) is 1. The molecule has 1 N–H and O–H groups in total. The number of aromatic nitrogens is 1. The molecule has 1 aromatic heterocycles. The molecule has 1 heterocycles. The summed E-state index contributed by atoms with van der Waals surface area (Å²) in [6, 6.07) is 11.1. The highest BCUT2D eigenvalue weighted by atomic mass is 79.9. The van der Waals surface area contributed by atoms with Crippen molar-refractivity contribution >= 4 is 21.8 Å². The van der Waals surface area contributed by atoms with E-state index in [1.807, 2.05) is 12.1 Å². The Morgan fingerprint density at radius 3 is 2.89 bits per heavy atom. The monoisotopic (exact) mass is 317 g/mol. The molecule has 5 heteroatoms.